The molecule has 1 amide bonds. The fourth-order valence-corrected chi connectivity index (χ4v) is 3.98. The monoisotopic (exact) mass is 367 g/mol. The van der Waals surface area contributed by atoms with Crippen molar-refractivity contribution in [1.29, 1.82) is 0 Å². The molecule has 2 atom stereocenters. The highest BCUT2D eigenvalue weighted by molar-refractivity contribution is 5.99. The van der Waals surface area contributed by atoms with Gasteiger partial charge in [-0.15, -0.1) is 0 Å². The lowest BCUT2D eigenvalue weighted by atomic mass is 9.96. The number of aliphatic hydroxyl groups is 1. The standard InChI is InChI=1S/C22H25NO4/c1-14-9-17-12-23(20-13-27-8-7-21(20)24)22(25)19(17)11-16(14)10-15-3-5-18(26-2)6-4-15/h3-6,9,11,20-21,24H,7-8,10,12-13H2,1-2H3. The van der Waals surface area contributed by atoms with Gasteiger partial charge in [0.15, 0.2) is 0 Å². The molecule has 0 bridgehead atoms. The third-order valence-corrected chi connectivity index (χ3v) is 5.64. The van der Waals surface area contributed by atoms with Gasteiger partial charge in [0.05, 0.1) is 25.9 Å². The number of amides is 1. The van der Waals surface area contributed by atoms with E-state index in [1.165, 1.54) is 11.1 Å². The molecule has 1 N–H and O–H groups in total. The van der Waals surface area contributed by atoms with Crippen LogP contribution in [0.1, 0.15) is 39.0 Å². The van der Waals surface area contributed by atoms with E-state index in [0.29, 0.717) is 26.2 Å². The number of aryl methyl sites for hydroxylation is 1. The number of rotatable bonds is 4. The summed E-state index contributed by atoms with van der Waals surface area (Å²) in [5, 5.41) is 10.3. The second kappa shape index (κ2) is 7.33. The average Bonchev–Trinajstić information content (AvgIpc) is 2.98. The summed E-state index contributed by atoms with van der Waals surface area (Å²) in [7, 11) is 1.66. The van der Waals surface area contributed by atoms with Crippen molar-refractivity contribution >= 4 is 5.91 Å². The van der Waals surface area contributed by atoms with Crippen LogP contribution in [-0.2, 0) is 17.7 Å². The Balaban J connectivity index is 1.57. The number of hydrogen-bond acceptors (Lipinski definition) is 4. The Morgan fingerprint density at radius 3 is 2.74 bits per heavy atom. The molecule has 2 aromatic carbocycles. The first-order chi connectivity index (χ1) is 13.1. The molecular weight excluding hydrogens is 342 g/mol. The van der Waals surface area contributed by atoms with E-state index < -0.39 is 6.10 Å². The Morgan fingerprint density at radius 2 is 2.04 bits per heavy atom. The summed E-state index contributed by atoms with van der Waals surface area (Å²) in [6.45, 7) is 3.59. The normalized spacial score (nSPS) is 22.0. The van der Waals surface area contributed by atoms with Gasteiger partial charge >= 0.3 is 0 Å². The number of fused-ring (bicyclic) bond motifs is 1. The van der Waals surface area contributed by atoms with Crippen molar-refractivity contribution < 1.29 is 19.4 Å². The van der Waals surface area contributed by atoms with Gasteiger partial charge in [-0.25, -0.2) is 0 Å². The molecule has 5 heteroatoms. The topological polar surface area (TPSA) is 59.0 Å². The molecule has 2 aliphatic heterocycles. The highest BCUT2D eigenvalue weighted by atomic mass is 16.5. The zero-order chi connectivity index (χ0) is 19.0. The van der Waals surface area contributed by atoms with E-state index in [0.717, 1.165) is 28.9 Å². The molecule has 142 valence electrons. The largest absolute Gasteiger partial charge is 0.497 e. The molecule has 0 saturated carbocycles. The summed E-state index contributed by atoms with van der Waals surface area (Å²) in [5.74, 6) is 0.832. The smallest absolute Gasteiger partial charge is 0.254 e. The molecule has 27 heavy (non-hydrogen) atoms. The van der Waals surface area contributed by atoms with E-state index in [-0.39, 0.29) is 11.9 Å². The second-order valence-electron chi connectivity index (χ2n) is 7.39. The van der Waals surface area contributed by atoms with E-state index >= 15 is 0 Å². The average molecular weight is 367 g/mol. The molecule has 2 aliphatic rings. The number of benzene rings is 2. The molecule has 2 heterocycles. The molecule has 1 saturated heterocycles. The minimum atomic E-state index is -0.517. The van der Waals surface area contributed by atoms with Crippen molar-refractivity contribution in [2.75, 3.05) is 20.3 Å². The minimum Gasteiger partial charge on any atom is -0.497 e. The Kier molecular flexibility index (Phi) is 4.89. The Hall–Kier alpha value is -2.37. The third kappa shape index (κ3) is 3.45. The lowest BCUT2D eigenvalue weighted by molar-refractivity contribution is -0.0528. The maximum Gasteiger partial charge on any atom is 0.254 e. The van der Waals surface area contributed by atoms with Gasteiger partial charge in [0, 0.05) is 18.7 Å². The van der Waals surface area contributed by atoms with E-state index in [9.17, 15) is 9.90 Å². The maximum atomic E-state index is 13.0. The first-order valence-electron chi connectivity index (χ1n) is 9.39. The van der Waals surface area contributed by atoms with Crippen LogP contribution in [0, 0.1) is 6.92 Å². The molecule has 2 unspecified atom stereocenters. The van der Waals surface area contributed by atoms with Crippen LogP contribution in [0.15, 0.2) is 36.4 Å². The summed E-state index contributed by atoms with van der Waals surface area (Å²) in [6.07, 6.45) is 0.829. The fraction of sp³-hybridized carbons (Fsp3) is 0.409. The van der Waals surface area contributed by atoms with Gasteiger partial charge in [0.1, 0.15) is 5.75 Å². The Bertz CT molecular complexity index is 846. The number of carbonyl (C=O) groups excluding carboxylic acids is 1. The van der Waals surface area contributed by atoms with Gasteiger partial charge in [-0.1, -0.05) is 18.2 Å². The van der Waals surface area contributed by atoms with Crippen LogP contribution in [0.2, 0.25) is 0 Å². The van der Waals surface area contributed by atoms with E-state index in [1.54, 1.807) is 12.0 Å². The Morgan fingerprint density at radius 1 is 1.26 bits per heavy atom. The SMILES string of the molecule is COc1ccc(Cc2cc3c(cc2C)CN(C2COCCC2O)C3=O)cc1. The van der Waals surface area contributed by atoms with Crippen molar-refractivity contribution in [3.05, 3.63) is 64.2 Å². The van der Waals surface area contributed by atoms with Gasteiger partial charge < -0.3 is 19.5 Å². The van der Waals surface area contributed by atoms with E-state index in [1.807, 2.05) is 18.2 Å². The maximum absolute atomic E-state index is 13.0. The molecule has 2 aromatic rings. The van der Waals surface area contributed by atoms with Crippen molar-refractivity contribution in [1.82, 2.24) is 4.90 Å². The van der Waals surface area contributed by atoms with Crippen molar-refractivity contribution in [2.24, 2.45) is 0 Å². The van der Waals surface area contributed by atoms with Gasteiger partial charge in [-0.05, 0) is 60.2 Å². The lowest BCUT2D eigenvalue weighted by Gasteiger charge is -2.34. The summed E-state index contributed by atoms with van der Waals surface area (Å²) in [4.78, 5) is 14.8. The van der Waals surface area contributed by atoms with Crippen LogP contribution in [0.25, 0.3) is 0 Å². The van der Waals surface area contributed by atoms with Gasteiger partial charge in [-0.3, -0.25) is 4.79 Å². The number of hydrogen-bond donors (Lipinski definition) is 1. The van der Waals surface area contributed by atoms with Crippen LogP contribution in [0.3, 0.4) is 0 Å². The predicted octanol–water partition coefficient (Wildman–Crippen LogP) is 2.70. The third-order valence-electron chi connectivity index (χ3n) is 5.64. The number of aliphatic hydroxyl groups excluding tert-OH is 1. The molecular formula is C22H25NO4. The summed E-state index contributed by atoms with van der Waals surface area (Å²) in [5.41, 5.74) is 5.29. The number of carbonyl (C=O) groups is 1. The number of methoxy groups -OCH3 is 1. The second-order valence-corrected chi connectivity index (χ2v) is 7.39. The first-order valence-corrected chi connectivity index (χ1v) is 9.39. The van der Waals surface area contributed by atoms with E-state index in [2.05, 4.69) is 25.1 Å². The van der Waals surface area contributed by atoms with E-state index in [4.69, 9.17) is 9.47 Å². The van der Waals surface area contributed by atoms with Crippen molar-refractivity contribution in [3.8, 4) is 5.75 Å². The minimum absolute atomic E-state index is 0.00414. The molecule has 0 radical (unpaired) electrons. The molecule has 5 nitrogen and oxygen atoms in total. The first kappa shape index (κ1) is 18.0. The van der Waals surface area contributed by atoms with Crippen LogP contribution < -0.4 is 4.74 Å². The quantitative estimate of drug-likeness (QED) is 0.903. The highest BCUT2D eigenvalue weighted by Crippen LogP contribution is 2.31. The van der Waals surface area contributed by atoms with Gasteiger partial charge in [-0.2, -0.15) is 0 Å². The molecule has 1 fully saturated rings. The fourth-order valence-electron chi connectivity index (χ4n) is 3.98. The van der Waals surface area contributed by atoms with Crippen LogP contribution in [0.4, 0.5) is 0 Å². The summed E-state index contributed by atoms with van der Waals surface area (Å²) in [6, 6.07) is 11.9. The highest BCUT2D eigenvalue weighted by Gasteiger charge is 2.38. The van der Waals surface area contributed by atoms with Crippen LogP contribution in [0.5, 0.6) is 5.75 Å². The van der Waals surface area contributed by atoms with Crippen molar-refractivity contribution in [2.45, 2.75) is 38.5 Å². The predicted molar refractivity (Wildman–Crippen MR) is 102 cm³/mol. The molecule has 0 aliphatic carbocycles. The Labute approximate surface area is 159 Å². The molecule has 4 rings (SSSR count). The van der Waals surface area contributed by atoms with Crippen LogP contribution in [-0.4, -0.2) is 48.4 Å². The van der Waals surface area contributed by atoms with Crippen molar-refractivity contribution in [3.63, 3.8) is 0 Å². The molecule has 0 spiro atoms. The lowest BCUT2D eigenvalue weighted by Crippen LogP contribution is -2.49. The number of nitrogens with zero attached hydrogens (tertiary/aromatic N) is 1. The van der Waals surface area contributed by atoms with Gasteiger partial charge in [0.25, 0.3) is 5.91 Å². The van der Waals surface area contributed by atoms with Gasteiger partial charge in [0.2, 0.25) is 0 Å². The zero-order valence-electron chi connectivity index (χ0n) is 15.8. The summed E-state index contributed by atoms with van der Waals surface area (Å²) < 4.78 is 10.7. The number of ether oxygens (including phenoxy) is 2. The van der Waals surface area contributed by atoms with Crippen LogP contribution >= 0.6 is 0 Å². The summed E-state index contributed by atoms with van der Waals surface area (Å²) >= 11 is 0. The zero-order valence-corrected chi connectivity index (χ0v) is 15.8. The molecule has 0 aromatic heterocycles.